The van der Waals surface area contributed by atoms with Crippen molar-refractivity contribution in [1.82, 2.24) is 25.0 Å². The van der Waals surface area contributed by atoms with Crippen LogP contribution in [0.3, 0.4) is 0 Å². The number of nitrogens with one attached hydrogen (secondary N) is 1. The zero-order valence-corrected chi connectivity index (χ0v) is 18.7. The molecule has 1 N–H and O–H groups in total. The number of fused-ring (bicyclic) bond motifs is 2. The molecule has 8 nitrogen and oxygen atoms in total. The van der Waals surface area contributed by atoms with Crippen LogP contribution in [0.15, 0.2) is 59.0 Å². The highest BCUT2D eigenvalue weighted by molar-refractivity contribution is 5.94. The van der Waals surface area contributed by atoms with Crippen LogP contribution in [0, 0.1) is 0 Å². The molecule has 0 saturated heterocycles. The van der Waals surface area contributed by atoms with E-state index in [2.05, 4.69) is 37.1 Å². The summed E-state index contributed by atoms with van der Waals surface area (Å²) < 4.78 is 13.3. The van der Waals surface area contributed by atoms with Crippen LogP contribution in [0.2, 0.25) is 0 Å². The van der Waals surface area contributed by atoms with E-state index in [4.69, 9.17) is 9.15 Å². The van der Waals surface area contributed by atoms with Gasteiger partial charge in [-0.25, -0.2) is 0 Å². The minimum atomic E-state index is -0.106. The third kappa shape index (κ3) is 4.75. The van der Waals surface area contributed by atoms with E-state index in [1.807, 2.05) is 18.2 Å². The van der Waals surface area contributed by atoms with Crippen molar-refractivity contribution in [2.24, 2.45) is 0 Å². The Morgan fingerprint density at radius 1 is 1.09 bits per heavy atom. The molecule has 170 valence electrons. The summed E-state index contributed by atoms with van der Waals surface area (Å²) in [6.07, 6.45) is 1.48. The highest BCUT2D eigenvalue weighted by atomic mass is 16.5. The van der Waals surface area contributed by atoms with Crippen LogP contribution < -0.4 is 10.1 Å². The lowest BCUT2D eigenvalue weighted by atomic mass is 10.2. The molecule has 2 aromatic heterocycles. The molecule has 0 spiro atoms. The van der Waals surface area contributed by atoms with Crippen LogP contribution in [-0.4, -0.2) is 52.3 Å². The largest absolute Gasteiger partial charge is 0.497 e. The minimum Gasteiger partial charge on any atom is -0.497 e. The Morgan fingerprint density at radius 2 is 1.94 bits per heavy atom. The lowest BCUT2D eigenvalue weighted by molar-refractivity contribution is 0.0954. The van der Waals surface area contributed by atoms with Crippen molar-refractivity contribution in [2.45, 2.75) is 25.9 Å². The van der Waals surface area contributed by atoms with E-state index in [0.29, 0.717) is 18.5 Å². The van der Waals surface area contributed by atoms with Crippen molar-refractivity contribution in [3.05, 3.63) is 77.6 Å². The first kappa shape index (κ1) is 21.2. The zero-order chi connectivity index (χ0) is 22.6. The summed E-state index contributed by atoms with van der Waals surface area (Å²) >= 11 is 0. The molecule has 0 unspecified atom stereocenters. The van der Waals surface area contributed by atoms with Crippen LogP contribution in [0.5, 0.6) is 5.75 Å². The number of para-hydroxylation sites is 1. The number of furan rings is 1. The number of benzene rings is 2. The minimum absolute atomic E-state index is 0.106. The van der Waals surface area contributed by atoms with Crippen molar-refractivity contribution >= 4 is 16.9 Å². The van der Waals surface area contributed by atoms with Gasteiger partial charge in [-0.3, -0.25) is 9.69 Å². The Bertz CT molecular complexity index is 1210. The van der Waals surface area contributed by atoms with Gasteiger partial charge in [0.15, 0.2) is 0 Å². The second kappa shape index (κ2) is 9.46. The lowest BCUT2D eigenvalue weighted by Crippen LogP contribution is -2.28. The second-order valence-electron chi connectivity index (χ2n) is 8.20. The summed E-state index contributed by atoms with van der Waals surface area (Å²) in [5, 5.41) is 12.9. The normalized spacial score (nSPS) is 14.1. The van der Waals surface area contributed by atoms with Crippen LogP contribution in [0.25, 0.3) is 11.0 Å². The fourth-order valence-electron chi connectivity index (χ4n) is 4.24. The molecule has 0 fully saturated rings. The van der Waals surface area contributed by atoms with Crippen molar-refractivity contribution < 1.29 is 13.9 Å². The van der Waals surface area contributed by atoms with Crippen molar-refractivity contribution in [3.63, 3.8) is 0 Å². The number of methoxy groups -OCH3 is 1. The summed E-state index contributed by atoms with van der Waals surface area (Å²) in [6, 6.07) is 17.3. The molecule has 2 aromatic carbocycles. The van der Waals surface area contributed by atoms with Gasteiger partial charge in [-0.1, -0.05) is 18.2 Å². The zero-order valence-electron chi connectivity index (χ0n) is 18.7. The van der Waals surface area contributed by atoms with E-state index in [0.717, 1.165) is 66.7 Å². The number of nitrogens with zero attached hydrogens (tertiary/aromatic N) is 4. The van der Waals surface area contributed by atoms with Gasteiger partial charge in [-0.2, -0.15) is 0 Å². The number of aromatic nitrogens is 3. The average molecular weight is 446 g/mol. The van der Waals surface area contributed by atoms with Crippen LogP contribution >= 0.6 is 0 Å². The first-order chi connectivity index (χ1) is 16.2. The maximum Gasteiger partial charge on any atom is 0.251 e. The maximum atomic E-state index is 12.4. The summed E-state index contributed by atoms with van der Waals surface area (Å²) in [7, 11) is 1.61. The number of hydrogen-bond donors (Lipinski definition) is 1. The SMILES string of the molecule is COc1ccc(C(=O)NCCc2nnc3n2CCN(Cc2cc4ccccc4o2)CC3)cc1. The molecule has 33 heavy (non-hydrogen) atoms. The molecule has 1 aliphatic heterocycles. The van der Waals surface area contributed by atoms with Gasteiger partial charge >= 0.3 is 0 Å². The first-order valence-electron chi connectivity index (χ1n) is 11.2. The van der Waals surface area contributed by atoms with Crippen LogP contribution in [-0.2, 0) is 25.9 Å². The molecule has 5 rings (SSSR count). The van der Waals surface area contributed by atoms with E-state index in [1.165, 1.54) is 0 Å². The summed E-state index contributed by atoms with van der Waals surface area (Å²) in [5.41, 5.74) is 1.54. The number of hydrogen-bond acceptors (Lipinski definition) is 6. The van der Waals surface area contributed by atoms with Gasteiger partial charge in [0.2, 0.25) is 0 Å². The number of ether oxygens (including phenoxy) is 1. The van der Waals surface area contributed by atoms with E-state index in [9.17, 15) is 4.79 Å². The topological polar surface area (TPSA) is 85.4 Å². The van der Waals surface area contributed by atoms with Gasteiger partial charge in [0.05, 0.1) is 13.7 Å². The van der Waals surface area contributed by atoms with Crippen LogP contribution in [0.1, 0.15) is 27.8 Å². The third-order valence-corrected chi connectivity index (χ3v) is 6.04. The predicted molar refractivity (Wildman–Crippen MR) is 124 cm³/mol. The Labute approximate surface area is 192 Å². The molecule has 0 saturated carbocycles. The smallest absolute Gasteiger partial charge is 0.251 e. The quantitative estimate of drug-likeness (QED) is 0.471. The average Bonchev–Trinajstić information content (AvgIpc) is 3.37. The second-order valence-corrected chi connectivity index (χ2v) is 8.20. The predicted octanol–water partition coefficient (Wildman–Crippen LogP) is 3.06. The molecule has 0 bridgehead atoms. The highest BCUT2D eigenvalue weighted by Crippen LogP contribution is 2.21. The number of rotatable bonds is 7. The molecule has 4 aromatic rings. The van der Waals surface area contributed by atoms with Gasteiger partial charge in [0.1, 0.15) is 28.7 Å². The maximum absolute atomic E-state index is 12.4. The summed E-state index contributed by atoms with van der Waals surface area (Å²) in [5.74, 6) is 3.51. The summed E-state index contributed by atoms with van der Waals surface area (Å²) in [6.45, 7) is 3.91. The van der Waals surface area contributed by atoms with Gasteiger partial charge in [0, 0.05) is 50.0 Å². The van der Waals surface area contributed by atoms with Gasteiger partial charge in [0.25, 0.3) is 5.91 Å². The number of amides is 1. The third-order valence-electron chi connectivity index (χ3n) is 6.04. The van der Waals surface area contributed by atoms with Crippen LogP contribution in [0.4, 0.5) is 0 Å². The van der Waals surface area contributed by atoms with Gasteiger partial charge in [-0.05, 0) is 36.4 Å². The highest BCUT2D eigenvalue weighted by Gasteiger charge is 2.20. The fourth-order valence-corrected chi connectivity index (χ4v) is 4.24. The Balaban J connectivity index is 1.15. The van der Waals surface area contributed by atoms with Gasteiger partial charge in [-0.15, -0.1) is 10.2 Å². The van der Waals surface area contributed by atoms with E-state index in [1.54, 1.807) is 31.4 Å². The van der Waals surface area contributed by atoms with E-state index in [-0.39, 0.29) is 5.91 Å². The molecular formula is C25H27N5O3. The van der Waals surface area contributed by atoms with Crippen molar-refractivity contribution in [2.75, 3.05) is 26.7 Å². The number of carbonyl (C=O) groups excluding carboxylic acids is 1. The number of carbonyl (C=O) groups is 1. The standard InChI is InChI=1S/C25H27N5O3/c1-32-20-8-6-18(7-9-20)25(31)26-12-10-23-27-28-24-11-13-29(14-15-30(23)24)17-21-16-19-4-2-3-5-22(19)33-21/h2-9,16H,10-15,17H2,1H3,(H,26,31). The molecule has 1 aliphatic rings. The van der Waals surface area contributed by atoms with E-state index >= 15 is 0 Å². The molecular weight excluding hydrogens is 418 g/mol. The first-order valence-corrected chi connectivity index (χ1v) is 11.2. The van der Waals surface area contributed by atoms with Crippen molar-refractivity contribution in [1.29, 1.82) is 0 Å². The molecule has 0 radical (unpaired) electrons. The monoisotopic (exact) mass is 445 g/mol. The Kier molecular flexibility index (Phi) is 6.08. The summed E-state index contributed by atoms with van der Waals surface area (Å²) in [4.78, 5) is 14.8. The van der Waals surface area contributed by atoms with Crippen molar-refractivity contribution in [3.8, 4) is 5.75 Å². The molecule has 3 heterocycles. The molecule has 1 amide bonds. The molecule has 0 atom stereocenters. The van der Waals surface area contributed by atoms with E-state index < -0.39 is 0 Å². The molecule has 8 heteroatoms. The lowest BCUT2D eigenvalue weighted by Gasteiger charge is -2.18. The molecule has 0 aliphatic carbocycles. The fraction of sp³-hybridized carbons (Fsp3) is 0.320. The Morgan fingerprint density at radius 3 is 2.76 bits per heavy atom. The Hall–Kier alpha value is -3.65. The van der Waals surface area contributed by atoms with Gasteiger partial charge < -0.3 is 19.0 Å².